The quantitative estimate of drug-likeness (QED) is 0.0846. The van der Waals surface area contributed by atoms with Crippen LogP contribution in [0.3, 0.4) is 0 Å². The molecule has 0 aliphatic rings. The summed E-state index contributed by atoms with van der Waals surface area (Å²) in [6.45, 7) is 0. The van der Waals surface area contributed by atoms with Gasteiger partial charge in [-0.1, -0.05) is 0 Å². The Labute approximate surface area is 316 Å². The van der Waals surface area contributed by atoms with E-state index in [9.17, 15) is 131 Å². The Morgan fingerprint density at radius 2 is 0.684 bits per heavy atom. The van der Waals surface area contributed by atoms with Crippen LogP contribution >= 0.6 is 44.2 Å². The minimum absolute atomic E-state index is 0.166. The largest absolute Gasteiger partial charge is 0.431 e. The third-order valence-corrected chi connectivity index (χ3v) is 8.73. The Bertz CT molecular complexity index is 1350. The van der Waals surface area contributed by atoms with Crippen molar-refractivity contribution >= 4 is 53.2 Å². The average Bonchev–Trinajstić information content (AvgIpc) is 2.94. The van der Waals surface area contributed by atoms with Crippen molar-refractivity contribution in [3.05, 3.63) is 0 Å². The van der Waals surface area contributed by atoms with Gasteiger partial charge in [-0.25, -0.2) is 26.0 Å². The molecule has 0 rings (SSSR count). The Kier molecular flexibility index (Phi) is 20.2. The zero-order chi connectivity index (χ0) is 47.3. The maximum Gasteiger partial charge on any atom is 0.431 e. The maximum atomic E-state index is 14.0. The zero-order valence-corrected chi connectivity index (χ0v) is 29.6. The van der Waals surface area contributed by atoms with E-state index in [0.717, 1.165) is 5.40 Å². The number of nitriles is 1. The van der Waals surface area contributed by atoms with Gasteiger partial charge < -0.3 is 0 Å². The molecule has 36 heteroatoms. The number of thiocyanates is 1. The number of hydrogen-bond donors (Lipinski definition) is 0. The van der Waals surface area contributed by atoms with Gasteiger partial charge in [-0.3, -0.25) is 0 Å². The molecule has 57 heavy (non-hydrogen) atoms. The summed E-state index contributed by atoms with van der Waals surface area (Å²) < 4.78 is 379. The summed E-state index contributed by atoms with van der Waals surface area (Å²) in [5.74, 6) is -12.0. The normalized spacial score (nSPS) is 16.1. The van der Waals surface area contributed by atoms with Crippen LogP contribution in [0.4, 0.5) is 123 Å². The fraction of sp³-hybridized carbons (Fsp3) is 0.952. The van der Waals surface area contributed by atoms with Gasteiger partial charge >= 0.3 is 60.7 Å². The molecule has 344 valence electrons. The Morgan fingerprint density at radius 1 is 0.456 bits per heavy atom. The number of nitrogens with zero attached hydrogens (tertiary/aromatic N) is 1. The summed E-state index contributed by atoms with van der Waals surface area (Å²) in [6, 6.07) is 0. The minimum Gasteiger partial charge on any atom is -0.224 e. The first-order valence-electron chi connectivity index (χ1n) is 12.8. The molecule has 0 N–H and O–H groups in total. The second-order valence-corrected chi connectivity index (χ2v) is 14.3. The van der Waals surface area contributed by atoms with Crippen molar-refractivity contribution in [1.29, 1.82) is 5.26 Å². The van der Waals surface area contributed by atoms with Gasteiger partial charge in [0.2, 0.25) is 9.05 Å². The Balaban J connectivity index is -0.000000981. The molecule has 2 atom stereocenters. The summed E-state index contributed by atoms with van der Waals surface area (Å²) in [5, 5.41) is 9.20. The van der Waals surface area contributed by atoms with Crippen molar-refractivity contribution in [1.82, 2.24) is 0 Å². The molecule has 0 spiro atoms. The van der Waals surface area contributed by atoms with E-state index in [-0.39, 0.29) is 11.8 Å². The van der Waals surface area contributed by atoms with Gasteiger partial charge in [-0.2, -0.15) is 111 Å². The van der Waals surface area contributed by atoms with Gasteiger partial charge in [0.25, 0.3) is 11.3 Å². The summed E-state index contributed by atoms with van der Waals surface area (Å²) >= 11 is -0.166. The van der Waals surface area contributed by atoms with E-state index in [1.54, 1.807) is 0 Å². The van der Waals surface area contributed by atoms with Crippen molar-refractivity contribution in [2.45, 2.75) is 97.8 Å². The van der Waals surface area contributed by atoms with Crippen LogP contribution in [0.25, 0.3) is 0 Å². The van der Waals surface area contributed by atoms with Gasteiger partial charge in [-0.15, -0.1) is 0 Å². The van der Waals surface area contributed by atoms with Crippen LogP contribution in [0.5, 0.6) is 0 Å². The lowest BCUT2D eigenvalue weighted by atomic mass is 9.77. The van der Waals surface area contributed by atoms with E-state index in [2.05, 4.69) is 32.4 Å². The zero-order valence-electron chi connectivity index (χ0n) is 25.7. The highest BCUT2D eigenvalue weighted by molar-refractivity contribution is 8.13. The molecular formula is C21H14Cl3F28NO2S2. The molecule has 2 unspecified atom stereocenters. The second-order valence-electron chi connectivity index (χ2n) is 10.6. The monoisotopic (exact) mass is 1010 g/mol. The van der Waals surface area contributed by atoms with E-state index in [0.29, 0.717) is 0 Å². The topological polar surface area (TPSA) is 57.9 Å². The number of thioether (sulfide) groups is 1. The summed E-state index contributed by atoms with van der Waals surface area (Å²) in [4.78, 5) is 0. The highest BCUT2D eigenvalue weighted by Crippen LogP contribution is 2.60. The van der Waals surface area contributed by atoms with Crippen LogP contribution in [-0.4, -0.2) is 92.0 Å². The predicted octanol–water partition coefficient (Wildman–Crippen LogP) is 13.3. The van der Waals surface area contributed by atoms with Crippen LogP contribution in [0, 0.1) is 22.5 Å². The van der Waals surface area contributed by atoms with Crippen molar-refractivity contribution < 1.29 is 131 Å². The van der Waals surface area contributed by atoms with E-state index in [1.807, 2.05) is 0 Å². The molecular weight excluding hydrogens is 1000 g/mol. The number of alkyl halides is 28. The summed E-state index contributed by atoms with van der Waals surface area (Å²) in [7, 11) is 7.57. The Morgan fingerprint density at radius 3 is 0.860 bits per heavy atom. The SMILES string of the molecule is ClCl.N#CSCCC(CC(F)(C(F)(F)F)C(F)(F)F)C(F)(C(F)(F)F)C(F)(F)F.O=S(=O)(Cl)CCC(CC(F)(C(F)(F)F)C(F)(F)F)C(F)(C(F)(F)F)C(F)(F)F. The van der Waals surface area contributed by atoms with Gasteiger partial charge in [0.15, 0.2) is 0 Å². The van der Waals surface area contributed by atoms with Crippen molar-refractivity contribution in [3.8, 4) is 5.40 Å². The minimum atomic E-state index is -7.18. The first kappa shape index (κ1) is 60.0. The lowest BCUT2D eigenvalue weighted by Crippen LogP contribution is -2.62. The molecule has 0 aromatic carbocycles. The molecule has 0 bridgehead atoms. The first-order valence-corrected chi connectivity index (χ1v) is 17.5. The summed E-state index contributed by atoms with van der Waals surface area (Å²) in [6.07, 6.45) is -68.3. The molecule has 3 nitrogen and oxygen atoms in total. The second kappa shape index (κ2) is 19.2. The van der Waals surface area contributed by atoms with Gasteiger partial charge in [0, 0.05) is 62.8 Å². The van der Waals surface area contributed by atoms with Gasteiger partial charge in [0.1, 0.15) is 5.40 Å². The van der Waals surface area contributed by atoms with Crippen LogP contribution < -0.4 is 0 Å². The molecule has 0 aliphatic carbocycles. The molecule has 0 heterocycles. The molecule has 0 aliphatic heterocycles. The summed E-state index contributed by atoms with van der Waals surface area (Å²) in [5.41, 5.74) is -26.6. The van der Waals surface area contributed by atoms with Crippen molar-refractivity contribution in [3.63, 3.8) is 0 Å². The predicted molar refractivity (Wildman–Crippen MR) is 139 cm³/mol. The van der Waals surface area contributed by atoms with Crippen LogP contribution in [0.1, 0.15) is 25.7 Å². The van der Waals surface area contributed by atoms with E-state index < -0.39 is 130 Å². The molecule has 0 radical (unpaired) electrons. The maximum absolute atomic E-state index is 14.0. The molecule has 0 saturated carbocycles. The van der Waals surface area contributed by atoms with E-state index >= 15 is 0 Å². The lowest BCUT2D eigenvalue weighted by molar-refractivity contribution is -0.379. The average molecular weight is 1010 g/mol. The fourth-order valence-electron chi connectivity index (χ4n) is 4.12. The van der Waals surface area contributed by atoms with Crippen LogP contribution in [0.2, 0.25) is 0 Å². The fourth-order valence-corrected chi connectivity index (χ4v) is 5.45. The standard InChI is InChI=1S/C11H7F14NS.C10H7ClF14O2S.Cl2/c12-6(8(14,15)16,9(17,18)19)3-5(1-2-27-4-26)7(13,10(20,21)22)11(23,24)25;11-28(26,27)2-1-4(6(13,9(20,21)22)10(23,24)25)3-5(12,7(14,15)16)8(17,18)19;1-2/h5H,1-3H2;4H,1-3H2;. The van der Waals surface area contributed by atoms with Gasteiger partial charge in [0.05, 0.1) is 5.75 Å². The first-order chi connectivity index (χ1) is 24.5. The van der Waals surface area contributed by atoms with Crippen molar-refractivity contribution in [2.24, 2.45) is 11.8 Å². The molecule has 0 aromatic heterocycles. The van der Waals surface area contributed by atoms with E-state index in [4.69, 9.17) is 5.26 Å². The highest BCUT2D eigenvalue weighted by atomic mass is 36.5. The number of halogens is 31. The van der Waals surface area contributed by atoms with Crippen LogP contribution in [0.15, 0.2) is 0 Å². The van der Waals surface area contributed by atoms with E-state index in [1.165, 1.54) is 0 Å². The molecule has 0 fully saturated rings. The molecule has 0 aromatic rings. The van der Waals surface area contributed by atoms with Crippen LogP contribution in [-0.2, 0) is 9.05 Å². The Hall–Kier alpha value is -1.30. The van der Waals surface area contributed by atoms with Crippen molar-refractivity contribution in [2.75, 3.05) is 11.5 Å². The third kappa shape index (κ3) is 14.1. The lowest BCUT2D eigenvalue weighted by Gasteiger charge is -2.40. The number of hydrogen-bond acceptors (Lipinski definition) is 4. The molecule has 0 amide bonds. The third-order valence-electron chi connectivity index (χ3n) is 6.97. The number of rotatable bonds is 12. The molecule has 0 saturated heterocycles. The van der Waals surface area contributed by atoms with Gasteiger partial charge in [-0.05, 0) is 24.6 Å². The highest BCUT2D eigenvalue weighted by Gasteiger charge is 2.81. The smallest absolute Gasteiger partial charge is 0.224 e.